The molecule has 0 unspecified atom stereocenters. The normalized spacial score (nSPS) is 12.8. The van der Waals surface area contributed by atoms with E-state index in [2.05, 4.69) is 10.4 Å². The van der Waals surface area contributed by atoms with Gasteiger partial charge in [-0.1, -0.05) is 6.07 Å². The topological polar surface area (TPSA) is 65.4 Å². The lowest BCUT2D eigenvalue weighted by Crippen LogP contribution is -2.27. The van der Waals surface area contributed by atoms with Crippen LogP contribution in [0.25, 0.3) is 0 Å². The third kappa shape index (κ3) is 3.09. The van der Waals surface area contributed by atoms with Crippen molar-refractivity contribution in [2.75, 3.05) is 20.8 Å². The zero-order valence-corrected chi connectivity index (χ0v) is 14.4. The van der Waals surface area contributed by atoms with Crippen molar-refractivity contribution in [1.82, 2.24) is 15.1 Å². The van der Waals surface area contributed by atoms with Crippen molar-refractivity contribution in [1.29, 1.82) is 0 Å². The maximum absolute atomic E-state index is 12.4. The highest BCUT2D eigenvalue weighted by atomic mass is 16.5. The summed E-state index contributed by atoms with van der Waals surface area (Å²) in [6.07, 6.45) is 3.79. The van der Waals surface area contributed by atoms with Crippen LogP contribution in [0.4, 0.5) is 0 Å². The van der Waals surface area contributed by atoms with Crippen LogP contribution in [0.3, 0.4) is 0 Å². The lowest BCUT2D eigenvalue weighted by molar-refractivity contribution is 0.0947. The van der Waals surface area contributed by atoms with E-state index in [9.17, 15) is 4.79 Å². The minimum Gasteiger partial charge on any atom is -0.493 e. The Balaban J connectivity index is 1.61. The summed E-state index contributed by atoms with van der Waals surface area (Å²) in [7, 11) is 5.14. The van der Waals surface area contributed by atoms with E-state index in [1.807, 2.05) is 29.9 Å². The van der Waals surface area contributed by atoms with Gasteiger partial charge in [0.1, 0.15) is 0 Å². The molecule has 0 atom stereocenters. The summed E-state index contributed by atoms with van der Waals surface area (Å²) in [4.78, 5) is 12.4. The molecular formula is C18H23N3O3. The Labute approximate surface area is 141 Å². The predicted octanol–water partition coefficient (Wildman–Crippen LogP) is 1.90. The Morgan fingerprint density at radius 3 is 2.79 bits per heavy atom. The SMILES string of the molecule is COc1ccc(CCNC(=O)c2nn(C)c3c2CCC3)cc1OC. The number of methoxy groups -OCH3 is 2. The Kier molecular flexibility index (Phi) is 4.74. The van der Waals surface area contributed by atoms with Crippen molar-refractivity contribution in [3.8, 4) is 11.5 Å². The third-order valence-corrected chi connectivity index (χ3v) is 4.48. The number of hydrogen-bond acceptors (Lipinski definition) is 4. The Morgan fingerprint density at radius 2 is 2.04 bits per heavy atom. The van der Waals surface area contributed by atoms with Crippen LogP contribution in [-0.2, 0) is 26.3 Å². The average Bonchev–Trinajstić information content (AvgIpc) is 3.19. The van der Waals surface area contributed by atoms with E-state index in [1.165, 1.54) is 5.69 Å². The van der Waals surface area contributed by atoms with Crippen LogP contribution in [0.2, 0.25) is 0 Å². The fourth-order valence-corrected chi connectivity index (χ4v) is 3.23. The molecule has 24 heavy (non-hydrogen) atoms. The molecule has 1 amide bonds. The van der Waals surface area contributed by atoms with Crippen LogP contribution in [0.5, 0.6) is 11.5 Å². The summed E-state index contributed by atoms with van der Waals surface area (Å²) >= 11 is 0. The van der Waals surface area contributed by atoms with E-state index in [0.717, 1.165) is 36.8 Å². The highest BCUT2D eigenvalue weighted by Crippen LogP contribution is 2.27. The van der Waals surface area contributed by atoms with Crippen LogP contribution in [0.15, 0.2) is 18.2 Å². The van der Waals surface area contributed by atoms with Crippen molar-refractivity contribution in [3.05, 3.63) is 40.7 Å². The molecule has 1 aromatic carbocycles. The first-order chi connectivity index (χ1) is 11.6. The van der Waals surface area contributed by atoms with E-state index in [4.69, 9.17) is 9.47 Å². The van der Waals surface area contributed by atoms with Gasteiger partial charge in [0.2, 0.25) is 0 Å². The highest BCUT2D eigenvalue weighted by molar-refractivity contribution is 5.94. The van der Waals surface area contributed by atoms with Crippen molar-refractivity contribution < 1.29 is 14.3 Å². The number of benzene rings is 1. The molecular weight excluding hydrogens is 306 g/mol. The Hall–Kier alpha value is -2.50. The zero-order chi connectivity index (χ0) is 17.1. The quantitative estimate of drug-likeness (QED) is 0.879. The molecule has 0 bridgehead atoms. The molecule has 1 aliphatic rings. The van der Waals surface area contributed by atoms with Crippen LogP contribution in [-0.4, -0.2) is 36.5 Å². The number of fused-ring (bicyclic) bond motifs is 1. The number of carbonyl (C=O) groups excluding carboxylic acids is 1. The molecule has 2 aromatic rings. The van der Waals surface area contributed by atoms with Gasteiger partial charge < -0.3 is 14.8 Å². The van der Waals surface area contributed by atoms with Crippen LogP contribution >= 0.6 is 0 Å². The van der Waals surface area contributed by atoms with Gasteiger partial charge in [-0.25, -0.2) is 0 Å². The van der Waals surface area contributed by atoms with Gasteiger partial charge in [0, 0.05) is 24.8 Å². The molecule has 1 heterocycles. The van der Waals surface area contributed by atoms with E-state index in [0.29, 0.717) is 23.7 Å². The molecule has 6 nitrogen and oxygen atoms in total. The van der Waals surface area contributed by atoms with Crippen LogP contribution in [0.1, 0.15) is 33.7 Å². The molecule has 6 heteroatoms. The van der Waals surface area contributed by atoms with Crippen molar-refractivity contribution in [3.63, 3.8) is 0 Å². The fourth-order valence-electron chi connectivity index (χ4n) is 3.23. The molecule has 0 saturated carbocycles. The standard InChI is InChI=1S/C18H23N3O3/c1-21-14-6-4-5-13(14)17(20-21)18(22)19-10-9-12-7-8-15(23-2)16(11-12)24-3/h7-8,11H,4-6,9-10H2,1-3H3,(H,19,22). The van der Waals surface area contributed by atoms with Crippen molar-refractivity contribution >= 4 is 5.91 Å². The largest absolute Gasteiger partial charge is 0.493 e. The lowest BCUT2D eigenvalue weighted by atomic mass is 10.1. The van der Waals surface area contributed by atoms with Gasteiger partial charge in [-0.2, -0.15) is 5.10 Å². The Bertz CT molecular complexity index is 752. The van der Waals surface area contributed by atoms with Gasteiger partial charge in [0.05, 0.1) is 14.2 Å². The van der Waals surface area contributed by atoms with Gasteiger partial charge in [-0.05, 0) is 43.4 Å². The second kappa shape index (κ2) is 6.95. The molecule has 0 aliphatic heterocycles. The number of aromatic nitrogens is 2. The number of aryl methyl sites for hydroxylation is 1. The Morgan fingerprint density at radius 1 is 1.25 bits per heavy atom. The van der Waals surface area contributed by atoms with E-state index < -0.39 is 0 Å². The molecule has 0 fully saturated rings. The number of rotatable bonds is 6. The molecule has 3 rings (SSSR count). The fraction of sp³-hybridized carbons (Fsp3) is 0.444. The first-order valence-corrected chi connectivity index (χ1v) is 8.18. The molecule has 128 valence electrons. The van der Waals surface area contributed by atoms with Gasteiger partial charge in [-0.15, -0.1) is 0 Å². The van der Waals surface area contributed by atoms with E-state index >= 15 is 0 Å². The van der Waals surface area contributed by atoms with Crippen molar-refractivity contribution in [2.24, 2.45) is 7.05 Å². The monoisotopic (exact) mass is 329 g/mol. The second-order valence-electron chi connectivity index (χ2n) is 5.95. The highest BCUT2D eigenvalue weighted by Gasteiger charge is 2.24. The number of hydrogen-bond donors (Lipinski definition) is 1. The maximum Gasteiger partial charge on any atom is 0.272 e. The molecule has 1 N–H and O–H groups in total. The minimum absolute atomic E-state index is 0.0887. The number of amides is 1. The summed E-state index contributed by atoms with van der Waals surface area (Å²) in [5.74, 6) is 1.31. The number of nitrogens with one attached hydrogen (secondary N) is 1. The summed E-state index contributed by atoms with van der Waals surface area (Å²) < 4.78 is 12.4. The molecule has 0 radical (unpaired) electrons. The average molecular weight is 329 g/mol. The van der Waals surface area contributed by atoms with Crippen LogP contribution in [0, 0.1) is 0 Å². The lowest BCUT2D eigenvalue weighted by Gasteiger charge is -2.10. The number of nitrogens with zero attached hydrogens (tertiary/aromatic N) is 2. The number of carbonyl (C=O) groups is 1. The van der Waals surface area contributed by atoms with Gasteiger partial charge in [-0.3, -0.25) is 9.48 Å². The minimum atomic E-state index is -0.0887. The molecule has 0 spiro atoms. The third-order valence-electron chi connectivity index (χ3n) is 4.48. The van der Waals surface area contributed by atoms with E-state index in [-0.39, 0.29) is 5.91 Å². The van der Waals surface area contributed by atoms with Crippen LogP contribution < -0.4 is 14.8 Å². The number of ether oxygens (including phenoxy) is 2. The smallest absolute Gasteiger partial charge is 0.272 e. The van der Waals surface area contributed by atoms with E-state index in [1.54, 1.807) is 14.2 Å². The molecule has 1 aliphatic carbocycles. The summed E-state index contributed by atoms with van der Waals surface area (Å²) in [5.41, 5.74) is 3.97. The van der Waals surface area contributed by atoms with Gasteiger partial charge >= 0.3 is 0 Å². The first-order valence-electron chi connectivity index (χ1n) is 8.18. The summed E-state index contributed by atoms with van der Waals surface area (Å²) in [5, 5.41) is 7.35. The molecule has 0 saturated heterocycles. The van der Waals surface area contributed by atoms with Gasteiger partial charge in [0.15, 0.2) is 17.2 Å². The molecule has 1 aromatic heterocycles. The zero-order valence-electron chi connectivity index (χ0n) is 14.4. The van der Waals surface area contributed by atoms with Gasteiger partial charge in [0.25, 0.3) is 5.91 Å². The summed E-state index contributed by atoms with van der Waals surface area (Å²) in [6, 6.07) is 5.79. The second-order valence-corrected chi connectivity index (χ2v) is 5.95. The maximum atomic E-state index is 12.4. The van der Waals surface area contributed by atoms with Crippen molar-refractivity contribution in [2.45, 2.75) is 25.7 Å². The summed E-state index contributed by atoms with van der Waals surface area (Å²) in [6.45, 7) is 0.555. The first kappa shape index (κ1) is 16.4. The predicted molar refractivity (Wildman–Crippen MR) is 90.8 cm³/mol.